The highest BCUT2D eigenvalue weighted by Crippen LogP contribution is 2.09. The number of aliphatic hydroxyl groups is 1. The second-order valence-electron chi connectivity index (χ2n) is 2.91. The molecule has 0 spiro atoms. The zero-order chi connectivity index (χ0) is 10.6. The van der Waals surface area contributed by atoms with Crippen molar-refractivity contribution < 1.29 is 14.6 Å². The summed E-state index contributed by atoms with van der Waals surface area (Å²) in [5.74, 6) is 0.362. The number of amides is 1. The number of carbonyl (C=O) groups excluding carboxylic acids is 1. The summed E-state index contributed by atoms with van der Waals surface area (Å²) in [4.78, 5) is 16.3. The van der Waals surface area contributed by atoms with E-state index in [0.29, 0.717) is 11.4 Å². The number of aromatic nitrogens is 1. The van der Waals surface area contributed by atoms with E-state index in [2.05, 4.69) is 4.98 Å². The largest absolute Gasteiger partial charge is 0.414 e. The highest BCUT2D eigenvalue weighted by molar-refractivity contribution is 5.69. The lowest BCUT2D eigenvalue weighted by Crippen LogP contribution is -2.25. The van der Waals surface area contributed by atoms with Gasteiger partial charge >= 0.3 is 6.09 Å². The van der Waals surface area contributed by atoms with Crippen LogP contribution < -0.4 is 4.74 Å². The van der Waals surface area contributed by atoms with Crippen LogP contribution in [0.15, 0.2) is 18.3 Å². The fourth-order valence-electron chi connectivity index (χ4n) is 0.757. The second-order valence-corrected chi connectivity index (χ2v) is 2.91. The maximum absolute atomic E-state index is 11.1. The summed E-state index contributed by atoms with van der Waals surface area (Å²) >= 11 is 0. The number of carbonyl (C=O) groups is 1. The molecule has 0 aliphatic heterocycles. The van der Waals surface area contributed by atoms with Crippen LogP contribution in [0.25, 0.3) is 0 Å². The van der Waals surface area contributed by atoms with Crippen LogP contribution in [-0.4, -0.2) is 35.2 Å². The molecule has 0 atom stereocenters. The van der Waals surface area contributed by atoms with E-state index >= 15 is 0 Å². The molecule has 1 rings (SSSR count). The Morgan fingerprint density at radius 1 is 1.57 bits per heavy atom. The number of aliphatic hydroxyl groups excluding tert-OH is 1. The molecule has 0 unspecified atom stereocenters. The average molecular weight is 196 g/mol. The number of rotatable bonds is 2. The van der Waals surface area contributed by atoms with E-state index in [1.165, 1.54) is 11.1 Å². The standard InChI is InChI=1S/C9H12N2O3/c1-11(2)9(13)14-8-4-3-7(6-12)10-5-8/h3-5,12H,6H2,1-2H3. The lowest BCUT2D eigenvalue weighted by Gasteiger charge is -2.10. The molecule has 0 bridgehead atoms. The molecule has 1 aromatic rings. The van der Waals surface area contributed by atoms with E-state index in [9.17, 15) is 4.79 Å². The molecule has 0 saturated carbocycles. The van der Waals surface area contributed by atoms with Crippen molar-refractivity contribution >= 4 is 6.09 Å². The first-order chi connectivity index (χ1) is 6.63. The highest BCUT2D eigenvalue weighted by atomic mass is 16.6. The topological polar surface area (TPSA) is 62.7 Å². The van der Waals surface area contributed by atoms with Crippen LogP contribution in [0.2, 0.25) is 0 Å². The van der Waals surface area contributed by atoms with E-state index in [0.717, 1.165) is 0 Å². The van der Waals surface area contributed by atoms with Crippen molar-refractivity contribution in [1.29, 1.82) is 0 Å². The Morgan fingerprint density at radius 2 is 2.29 bits per heavy atom. The van der Waals surface area contributed by atoms with E-state index in [4.69, 9.17) is 9.84 Å². The number of hydrogen-bond acceptors (Lipinski definition) is 4. The van der Waals surface area contributed by atoms with Gasteiger partial charge in [0.25, 0.3) is 0 Å². The zero-order valence-electron chi connectivity index (χ0n) is 8.10. The zero-order valence-corrected chi connectivity index (χ0v) is 8.10. The molecular formula is C9H12N2O3. The van der Waals surface area contributed by atoms with Gasteiger partial charge in [-0.05, 0) is 12.1 Å². The van der Waals surface area contributed by atoms with Gasteiger partial charge in [0.2, 0.25) is 0 Å². The quantitative estimate of drug-likeness (QED) is 0.753. The van der Waals surface area contributed by atoms with Crippen LogP contribution in [0.1, 0.15) is 5.69 Å². The monoisotopic (exact) mass is 196 g/mol. The number of nitrogens with zero attached hydrogens (tertiary/aromatic N) is 2. The third-order valence-corrected chi connectivity index (χ3v) is 1.53. The molecule has 1 aromatic heterocycles. The molecule has 0 fully saturated rings. The number of hydrogen-bond donors (Lipinski definition) is 1. The molecule has 0 radical (unpaired) electrons. The fraction of sp³-hybridized carbons (Fsp3) is 0.333. The van der Waals surface area contributed by atoms with Gasteiger partial charge in [-0.2, -0.15) is 0 Å². The lowest BCUT2D eigenvalue weighted by atomic mass is 10.3. The summed E-state index contributed by atoms with van der Waals surface area (Å²) in [6.45, 7) is -0.123. The maximum atomic E-state index is 11.1. The molecule has 0 aromatic carbocycles. The van der Waals surface area contributed by atoms with Crippen LogP contribution in [0.5, 0.6) is 5.75 Å². The predicted octanol–water partition coefficient (Wildman–Crippen LogP) is 0.634. The van der Waals surface area contributed by atoms with Crippen molar-refractivity contribution in [2.24, 2.45) is 0 Å². The summed E-state index contributed by atoms with van der Waals surface area (Å²) in [5, 5.41) is 8.72. The van der Waals surface area contributed by atoms with E-state index in [1.54, 1.807) is 26.2 Å². The van der Waals surface area contributed by atoms with Crippen molar-refractivity contribution in [3.63, 3.8) is 0 Å². The molecule has 0 aliphatic carbocycles. The van der Waals surface area contributed by atoms with Gasteiger partial charge in [0.1, 0.15) is 0 Å². The Hall–Kier alpha value is -1.62. The molecule has 0 saturated heterocycles. The van der Waals surface area contributed by atoms with Crippen LogP contribution >= 0.6 is 0 Å². The van der Waals surface area contributed by atoms with Gasteiger partial charge < -0.3 is 14.7 Å². The first-order valence-corrected chi connectivity index (χ1v) is 4.08. The Labute approximate surface area is 81.9 Å². The third-order valence-electron chi connectivity index (χ3n) is 1.53. The molecular weight excluding hydrogens is 184 g/mol. The molecule has 5 heteroatoms. The first kappa shape index (κ1) is 10.5. The number of ether oxygens (including phenoxy) is 1. The average Bonchev–Trinajstić information content (AvgIpc) is 2.19. The Morgan fingerprint density at radius 3 is 2.71 bits per heavy atom. The minimum absolute atomic E-state index is 0.123. The van der Waals surface area contributed by atoms with Gasteiger partial charge in [0.15, 0.2) is 5.75 Å². The van der Waals surface area contributed by atoms with Gasteiger partial charge in [-0.3, -0.25) is 4.98 Å². The van der Waals surface area contributed by atoms with Crippen molar-refractivity contribution in [2.45, 2.75) is 6.61 Å². The van der Waals surface area contributed by atoms with Crippen LogP contribution in [-0.2, 0) is 6.61 Å². The van der Waals surface area contributed by atoms with Gasteiger partial charge in [0, 0.05) is 14.1 Å². The molecule has 1 heterocycles. The normalized spacial score (nSPS) is 9.64. The summed E-state index contributed by atoms with van der Waals surface area (Å²) in [6, 6.07) is 3.18. The summed E-state index contributed by atoms with van der Waals surface area (Å²) in [5.41, 5.74) is 0.537. The van der Waals surface area contributed by atoms with Gasteiger partial charge in [0.05, 0.1) is 18.5 Å². The SMILES string of the molecule is CN(C)C(=O)Oc1ccc(CO)nc1. The molecule has 76 valence electrons. The third kappa shape index (κ3) is 2.70. The highest BCUT2D eigenvalue weighted by Gasteiger charge is 2.06. The minimum atomic E-state index is -0.455. The lowest BCUT2D eigenvalue weighted by molar-refractivity contribution is 0.171. The molecule has 1 N–H and O–H groups in total. The van der Waals surface area contributed by atoms with Crippen LogP contribution in [0.4, 0.5) is 4.79 Å². The second kappa shape index (κ2) is 4.57. The molecule has 5 nitrogen and oxygen atoms in total. The summed E-state index contributed by atoms with van der Waals surface area (Å²) in [6.07, 6.45) is 0.941. The molecule has 1 amide bonds. The Kier molecular flexibility index (Phi) is 3.41. The first-order valence-electron chi connectivity index (χ1n) is 4.08. The van der Waals surface area contributed by atoms with Gasteiger partial charge in [-0.15, -0.1) is 0 Å². The summed E-state index contributed by atoms with van der Waals surface area (Å²) in [7, 11) is 3.19. The van der Waals surface area contributed by atoms with E-state index in [-0.39, 0.29) is 6.61 Å². The van der Waals surface area contributed by atoms with Crippen molar-refractivity contribution in [2.75, 3.05) is 14.1 Å². The fourth-order valence-corrected chi connectivity index (χ4v) is 0.757. The van der Waals surface area contributed by atoms with Gasteiger partial charge in [-0.1, -0.05) is 0 Å². The Bertz CT molecular complexity index is 308. The maximum Gasteiger partial charge on any atom is 0.414 e. The van der Waals surface area contributed by atoms with Crippen molar-refractivity contribution in [3.8, 4) is 5.75 Å². The van der Waals surface area contributed by atoms with E-state index < -0.39 is 6.09 Å². The summed E-state index contributed by atoms with van der Waals surface area (Å²) < 4.78 is 4.92. The van der Waals surface area contributed by atoms with E-state index in [1.807, 2.05) is 0 Å². The van der Waals surface area contributed by atoms with Gasteiger partial charge in [-0.25, -0.2) is 4.79 Å². The predicted molar refractivity (Wildman–Crippen MR) is 49.9 cm³/mol. The Balaban J connectivity index is 2.64. The smallest absolute Gasteiger partial charge is 0.409 e. The molecule has 14 heavy (non-hydrogen) atoms. The van der Waals surface area contributed by atoms with Crippen LogP contribution in [0, 0.1) is 0 Å². The minimum Gasteiger partial charge on any atom is -0.409 e. The number of pyridine rings is 1. The molecule has 0 aliphatic rings. The van der Waals surface area contributed by atoms with Crippen molar-refractivity contribution in [1.82, 2.24) is 9.88 Å². The van der Waals surface area contributed by atoms with Crippen LogP contribution in [0.3, 0.4) is 0 Å². The van der Waals surface area contributed by atoms with Crippen molar-refractivity contribution in [3.05, 3.63) is 24.0 Å².